The minimum atomic E-state index is -3.54. The van der Waals surface area contributed by atoms with Crippen molar-refractivity contribution in [3.63, 3.8) is 0 Å². The van der Waals surface area contributed by atoms with E-state index in [-0.39, 0.29) is 22.2 Å². The van der Waals surface area contributed by atoms with Gasteiger partial charge in [0.25, 0.3) is 5.69 Å². The molecule has 1 aliphatic heterocycles. The van der Waals surface area contributed by atoms with Crippen LogP contribution in [0.3, 0.4) is 0 Å². The highest BCUT2D eigenvalue weighted by Crippen LogP contribution is 2.24. The minimum absolute atomic E-state index is 0.00942. The molecule has 28 heavy (non-hydrogen) atoms. The van der Waals surface area contributed by atoms with Gasteiger partial charge in [0.1, 0.15) is 0 Å². The lowest BCUT2D eigenvalue weighted by atomic mass is 10.3. The average Bonchev–Trinajstić information content (AvgIpc) is 3.22. The van der Waals surface area contributed by atoms with Gasteiger partial charge in [-0.25, -0.2) is 8.42 Å². The summed E-state index contributed by atoms with van der Waals surface area (Å²) in [6.07, 6.45) is 1.71. The molecule has 1 saturated heterocycles. The summed E-state index contributed by atoms with van der Waals surface area (Å²) < 4.78 is 26.7. The van der Waals surface area contributed by atoms with Crippen molar-refractivity contribution in [1.82, 2.24) is 4.31 Å². The third-order valence-electron chi connectivity index (χ3n) is 4.24. The van der Waals surface area contributed by atoms with Crippen LogP contribution in [0.2, 0.25) is 0 Å². The van der Waals surface area contributed by atoms with Gasteiger partial charge in [-0.2, -0.15) is 4.31 Å². The Morgan fingerprint density at radius 1 is 1.14 bits per heavy atom. The number of thioether (sulfide) groups is 1. The van der Waals surface area contributed by atoms with E-state index in [2.05, 4.69) is 5.32 Å². The van der Waals surface area contributed by atoms with Crippen LogP contribution in [0, 0.1) is 10.1 Å². The number of hydrogen-bond donors (Lipinski definition) is 1. The number of sulfonamides is 1. The number of anilines is 1. The van der Waals surface area contributed by atoms with Gasteiger partial charge in [0.2, 0.25) is 15.9 Å². The number of nitro benzene ring substituents is 1. The molecule has 0 radical (unpaired) electrons. The lowest BCUT2D eigenvalue weighted by molar-refractivity contribution is -0.384. The van der Waals surface area contributed by atoms with Crippen molar-refractivity contribution in [3.05, 3.63) is 58.6 Å². The van der Waals surface area contributed by atoms with E-state index in [1.54, 1.807) is 24.3 Å². The van der Waals surface area contributed by atoms with Gasteiger partial charge >= 0.3 is 0 Å². The highest BCUT2D eigenvalue weighted by molar-refractivity contribution is 8.00. The maximum absolute atomic E-state index is 12.6. The molecule has 0 atom stereocenters. The summed E-state index contributed by atoms with van der Waals surface area (Å²) >= 11 is 1.24. The highest BCUT2D eigenvalue weighted by Gasteiger charge is 2.27. The molecule has 0 bridgehead atoms. The number of non-ortho nitro benzene ring substituents is 1. The lowest BCUT2D eigenvalue weighted by Gasteiger charge is -2.16. The van der Waals surface area contributed by atoms with Gasteiger partial charge < -0.3 is 5.32 Å². The van der Waals surface area contributed by atoms with Crippen molar-refractivity contribution in [2.24, 2.45) is 0 Å². The molecule has 0 spiro atoms. The predicted molar refractivity (Wildman–Crippen MR) is 107 cm³/mol. The zero-order chi connectivity index (χ0) is 20.1. The first-order chi connectivity index (χ1) is 13.4. The van der Waals surface area contributed by atoms with E-state index in [9.17, 15) is 23.3 Å². The number of carbonyl (C=O) groups excluding carboxylic acids is 1. The summed E-state index contributed by atoms with van der Waals surface area (Å²) in [5.41, 5.74) is 0.402. The molecule has 8 nitrogen and oxygen atoms in total. The average molecular weight is 422 g/mol. The van der Waals surface area contributed by atoms with Gasteiger partial charge in [-0.3, -0.25) is 14.9 Å². The van der Waals surface area contributed by atoms with Crippen LogP contribution in [0.15, 0.2) is 58.3 Å². The Morgan fingerprint density at radius 3 is 2.46 bits per heavy atom. The largest absolute Gasteiger partial charge is 0.325 e. The van der Waals surface area contributed by atoms with Crippen LogP contribution in [0.1, 0.15) is 12.8 Å². The fraction of sp³-hybridized carbons (Fsp3) is 0.278. The van der Waals surface area contributed by atoms with E-state index in [1.165, 1.54) is 40.3 Å². The maximum atomic E-state index is 12.6. The number of amides is 1. The Kier molecular flexibility index (Phi) is 6.32. The van der Waals surface area contributed by atoms with Crippen LogP contribution >= 0.6 is 11.8 Å². The maximum Gasteiger partial charge on any atom is 0.269 e. The summed E-state index contributed by atoms with van der Waals surface area (Å²) in [6, 6.07) is 12.1. The van der Waals surface area contributed by atoms with Crippen molar-refractivity contribution >= 4 is 39.1 Å². The Hall–Kier alpha value is -2.43. The van der Waals surface area contributed by atoms with E-state index in [0.29, 0.717) is 18.8 Å². The molecule has 0 aromatic heterocycles. The Labute approximate surface area is 167 Å². The van der Waals surface area contributed by atoms with Gasteiger partial charge in [0.05, 0.1) is 15.6 Å². The number of rotatable bonds is 7. The first-order valence-corrected chi connectivity index (χ1v) is 11.1. The summed E-state index contributed by atoms with van der Waals surface area (Å²) in [7, 11) is -3.54. The normalized spacial score (nSPS) is 14.7. The third-order valence-corrected chi connectivity index (χ3v) is 7.14. The van der Waals surface area contributed by atoms with Crippen molar-refractivity contribution in [2.45, 2.75) is 22.6 Å². The fourth-order valence-electron chi connectivity index (χ4n) is 2.82. The molecule has 2 aromatic carbocycles. The van der Waals surface area contributed by atoms with Gasteiger partial charge in [-0.1, -0.05) is 6.07 Å². The molecule has 1 amide bonds. The van der Waals surface area contributed by atoms with Gasteiger partial charge in [0, 0.05) is 35.8 Å². The quantitative estimate of drug-likeness (QED) is 0.418. The molecule has 0 saturated carbocycles. The van der Waals surface area contributed by atoms with Crippen molar-refractivity contribution in [1.29, 1.82) is 0 Å². The minimum Gasteiger partial charge on any atom is -0.325 e. The molecule has 10 heteroatoms. The molecular weight excluding hydrogens is 402 g/mol. The second-order valence-corrected chi connectivity index (χ2v) is 9.21. The highest BCUT2D eigenvalue weighted by atomic mass is 32.2. The van der Waals surface area contributed by atoms with Crippen LogP contribution in [-0.2, 0) is 14.8 Å². The zero-order valence-electron chi connectivity index (χ0n) is 14.9. The Balaban J connectivity index is 1.60. The first kappa shape index (κ1) is 20.3. The smallest absolute Gasteiger partial charge is 0.269 e. The van der Waals surface area contributed by atoms with Gasteiger partial charge in [-0.15, -0.1) is 11.8 Å². The molecule has 0 aliphatic carbocycles. The zero-order valence-corrected chi connectivity index (χ0v) is 16.5. The summed E-state index contributed by atoms with van der Waals surface area (Å²) in [6.45, 7) is 1.04. The molecule has 3 rings (SSSR count). The Morgan fingerprint density at radius 2 is 1.82 bits per heavy atom. The van der Waals surface area contributed by atoms with Crippen LogP contribution in [-0.4, -0.2) is 42.4 Å². The van der Waals surface area contributed by atoms with Crippen LogP contribution in [0.5, 0.6) is 0 Å². The fourth-order valence-corrected chi connectivity index (χ4v) is 5.08. The van der Waals surface area contributed by atoms with Crippen molar-refractivity contribution in [2.75, 3.05) is 24.2 Å². The first-order valence-electron chi connectivity index (χ1n) is 8.63. The van der Waals surface area contributed by atoms with Crippen LogP contribution in [0.4, 0.5) is 11.4 Å². The van der Waals surface area contributed by atoms with E-state index < -0.39 is 14.9 Å². The lowest BCUT2D eigenvalue weighted by Crippen LogP contribution is -2.28. The molecule has 148 valence electrons. The topological polar surface area (TPSA) is 110 Å². The van der Waals surface area contributed by atoms with Gasteiger partial charge in [0.15, 0.2) is 0 Å². The number of carbonyl (C=O) groups is 1. The molecular formula is C18H19N3O5S2. The number of nitro groups is 1. The standard InChI is InChI=1S/C18H19N3O5S2/c22-18(13-27-16-8-6-15(7-9-16)21(23)24)19-14-4-3-5-17(12-14)28(25,26)20-10-1-2-11-20/h3-9,12H,1-2,10-11,13H2,(H,19,22). The van der Waals surface area contributed by atoms with E-state index >= 15 is 0 Å². The monoisotopic (exact) mass is 421 g/mol. The number of benzene rings is 2. The van der Waals surface area contributed by atoms with Crippen LogP contribution < -0.4 is 5.32 Å². The SMILES string of the molecule is O=C(CSc1ccc([N+](=O)[O-])cc1)Nc1cccc(S(=O)(=O)N2CCCC2)c1. The summed E-state index contributed by atoms with van der Waals surface area (Å²) in [4.78, 5) is 23.2. The van der Waals surface area contributed by atoms with Crippen molar-refractivity contribution in [3.8, 4) is 0 Å². The predicted octanol–water partition coefficient (Wildman–Crippen LogP) is 3.11. The molecule has 0 unspecified atom stereocenters. The summed E-state index contributed by atoms with van der Waals surface area (Å²) in [5, 5.41) is 13.3. The van der Waals surface area contributed by atoms with E-state index in [4.69, 9.17) is 0 Å². The molecule has 1 heterocycles. The molecule has 1 N–H and O–H groups in total. The van der Waals surface area contributed by atoms with Crippen molar-refractivity contribution < 1.29 is 18.1 Å². The number of nitrogens with one attached hydrogen (secondary N) is 1. The Bertz CT molecular complexity index is 971. The number of hydrogen-bond acceptors (Lipinski definition) is 6. The van der Waals surface area contributed by atoms with E-state index in [1.807, 2.05) is 0 Å². The second kappa shape index (κ2) is 8.72. The second-order valence-electron chi connectivity index (χ2n) is 6.23. The molecule has 2 aromatic rings. The van der Waals surface area contributed by atoms with E-state index in [0.717, 1.165) is 17.7 Å². The third kappa shape index (κ3) is 4.89. The molecule has 1 fully saturated rings. The van der Waals surface area contributed by atoms with Gasteiger partial charge in [-0.05, 0) is 43.2 Å². The number of nitrogens with zero attached hydrogens (tertiary/aromatic N) is 2. The van der Waals surface area contributed by atoms with Crippen LogP contribution in [0.25, 0.3) is 0 Å². The molecule has 1 aliphatic rings. The summed E-state index contributed by atoms with van der Waals surface area (Å²) in [5.74, 6) is -0.194.